The Hall–Kier alpha value is -2.30. The predicted molar refractivity (Wildman–Crippen MR) is 144 cm³/mol. The van der Waals surface area contributed by atoms with E-state index in [1.54, 1.807) is 20.8 Å². The van der Waals surface area contributed by atoms with Gasteiger partial charge >= 0.3 is 5.97 Å². The Labute approximate surface area is 228 Å². The van der Waals surface area contributed by atoms with Gasteiger partial charge in [-0.25, -0.2) is 4.98 Å². The van der Waals surface area contributed by atoms with Gasteiger partial charge in [-0.3, -0.25) is 9.59 Å². The van der Waals surface area contributed by atoms with E-state index in [9.17, 15) is 19.8 Å². The van der Waals surface area contributed by atoms with E-state index in [0.29, 0.717) is 17.1 Å². The Morgan fingerprint density at radius 2 is 2.03 bits per heavy atom. The number of aliphatic hydroxyl groups excluding tert-OH is 2. The highest BCUT2D eigenvalue weighted by Crippen LogP contribution is 2.45. The summed E-state index contributed by atoms with van der Waals surface area (Å²) in [5.74, 6) is -1.68. The average molecular weight is 549 g/mol. The number of carbonyl (C=O) groups excluding carboxylic acids is 2. The number of nitrogens with zero attached hydrogens (tertiary/aromatic N) is 4. The number of hydrogen-bond acceptors (Lipinski definition) is 9. The molecule has 3 rings (SSSR count). The van der Waals surface area contributed by atoms with Crippen molar-refractivity contribution in [1.29, 1.82) is 0 Å². The van der Waals surface area contributed by atoms with E-state index >= 15 is 0 Å². The van der Waals surface area contributed by atoms with E-state index in [-0.39, 0.29) is 36.4 Å². The Morgan fingerprint density at radius 3 is 2.71 bits per heavy atom. The summed E-state index contributed by atoms with van der Waals surface area (Å²) in [6.45, 7) is 10.9. The van der Waals surface area contributed by atoms with Gasteiger partial charge in [0.15, 0.2) is 0 Å². The van der Waals surface area contributed by atoms with E-state index in [2.05, 4.69) is 15.0 Å². The molecular weight excluding hydrogens is 508 g/mol. The molecule has 2 saturated heterocycles. The van der Waals surface area contributed by atoms with Crippen LogP contribution in [0.4, 0.5) is 0 Å². The molecule has 2 aliphatic heterocycles. The molecule has 1 aromatic rings. The van der Waals surface area contributed by atoms with Crippen LogP contribution in [-0.2, 0) is 25.6 Å². The number of thiazole rings is 1. The lowest BCUT2D eigenvalue weighted by Crippen LogP contribution is -2.45. The van der Waals surface area contributed by atoms with Gasteiger partial charge in [0, 0.05) is 22.6 Å². The lowest BCUT2D eigenvalue weighted by Gasteiger charge is -2.34. The standard InChI is InChI=1S/C27H40N4O6S/c1-15-8-7-9-27(6)21(37-27)11-19(16(2)10-18-14-38-22(30-18)13-29-31-28)36-23(33)12-20(32)26(4,5)25(35)17(3)24(15)34/h10,14-15,17,19-21,24,32,34H,7-9,11-13H2,1-6H3/b16-10+. The van der Waals surface area contributed by atoms with Gasteiger partial charge in [0.1, 0.15) is 11.9 Å². The number of aromatic nitrogens is 1. The molecule has 11 heteroatoms. The van der Waals surface area contributed by atoms with Crippen LogP contribution in [0.15, 0.2) is 16.1 Å². The molecule has 10 nitrogen and oxygen atoms in total. The largest absolute Gasteiger partial charge is 0.458 e. The molecule has 0 bridgehead atoms. The topological polar surface area (TPSA) is 158 Å². The van der Waals surface area contributed by atoms with Crippen molar-refractivity contribution in [2.45, 2.75) is 110 Å². The lowest BCUT2D eigenvalue weighted by atomic mass is 9.73. The van der Waals surface area contributed by atoms with Crippen molar-refractivity contribution >= 4 is 29.2 Å². The molecule has 7 atom stereocenters. The van der Waals surface area contributed by atoms with E-state index in [1.807, 2.05) is 32.2 Å². The Balaban J connectivity index is 1.85. The number of rotatable bonds is 4. The summed E-state index contributed by atoms with van der Waals surface area (Å²) >= 11 is 1.38. The van der Waals surface area contributed by atoms with Gasteiger partial charge in [-0.1, -0.05) is 39.2 Å². The first-order chi connectivity index (χ1) is 17.8. The second kappa shape index (κ2) is 12.3. The van der Waals surface area contributed by atoms with Crippen molar-refractivity contribution in [3.8, 4) is 0 Å². The maximum atomic E-state index is 13.3. The van der Waals surface area contributed by atoms with E-state index < -0.39 is 35.6 Å². The van der Waals surface area contributed by atoms with Gasteiger partial charge in [0.05, 0.1) is 53.0 Å². The van der Waals surface area contributed by atoms with Crippen LogP contribution in [0.5, 0.6) is 0 Å². The van der Waals surface area contributed by atoms with Crippen LogP contribution >= 0.6 is 11.3 Å². The molecule has 0 spiro atoms. The minimum Gasteiger partial charge on any atom is -0.458 e. The summed E-state index contributed by atoms with van der Waals surface area (Å²) in [6, 6.07) is 0. The van der Waals surface area contributed by atoms with Gasteiger partial charge in [-0.05, 0) is 49.8 Å². The summed E-state index contributed by atoms with van der Waals surface area (Å²) in [5.41, 5.74) is 8.39. The zero-order valence-electron chi connectivity index (χ0n) is 23.1. The Kier molecular flexibility index (Phi) is 9.76. The molecule has 2 fully saturated rings. The first-order valence-corrected chi connectivity index (χ1v) is 14.1. The smallest absolute Gasteiger partial charge is 0.309 e. The molecule has 0 aliphatic carbocycles. The SMILES string of the molecule is C/C(=C\c1csc(CN=[N+]=[N-])n1)C1CC2OC2(C)CCCC(C)C(O)C(C)C(=O)C(C)(C)C(O)CC(=O)O1. The second-order valence-corrected chi connectivity index (χ2v) is 12.5. The predicted octanol–water partition coefficient (Wildman–Crippen LogP) is 4.98. The highest BCUT2D eigenvalue weighted by atomic mass is 32.1. The summed E-state index contributed by atoms with van der Waals surface area (Å²) in [5, 5.41) is 27.8. The van der Waals surface area contributed by atoms with Crippen molar-refractivity contribution in [3.05, 3.63) is 32.1 Å². The molecule has 0 saturated carbocycles. The quantitative estimate of drug-likeness (QED) is 0.176. The zero-order chi connectivity index (χ0) is 28.3. The van der Waals surface area contributed by atoms with Crippen molar-refractivity contribution in [3.63, 3.8) is 0 Å². The maximum absolute atomic E-state index is 13.3. The van der Waals surface area contributed by atoms with Crippen LogP contribution in [-0.4, -0.2) is 57.0 Å². The highest BCUT2D eigenvalue weighted by molar-refractivity contribution is 7.09. The molecule has 210 valence electrons. The molecule has 2 aliphatic rings. The van der Waals surface area contributed by atoms with E-state index in [4.69, 9.17) is 15.0 Å². The van der Waals surface area contributed by atoms with Crippen molar-refractivity contribution < 1.29 is 29.3 Å². The fourth-order valence-corrected chi connectivity index (χ4v) is 5.84. The lowest BCUT2D eigenvalue weighted by molar-refractivity contribution is -0.154. The molecular formula is C27H40N4O6S. The number of hydrogen-bond donors (Lipinski definition) is 2. The highest BCUT2D eigenvalue weighted by Gasteiger charge is 2.53. The number of ketones is 1. The number of azide groups is 1. The van der Waals surface area contributed by atoms with Crippen molar-refractivity contribution in [1.82, 2.24) is 4.98 Å². The molecule has 2 N–H and O–H groups in total. The maximum Gasteiger partial charge on any atom is 0.309 e. The average Bonchev–Trinajstić information content (AvgIpc) is 3.27. The van der Waals surface area contributed by atoms with Gasteiger partial charge in [-0.2, -0.15) is 0 Å². The Morgan fingerprint density at radius 1 is 1.32 bits per heavy atom. The minimum absolute atomic E-state index is 0.0969. The van der Waals surface area contributed by atoms with Gasteiger partial charge in [-0.15, -0.1) is 11.3 Å². The van der Waals surface area contributed by atoms with Crippen LogP contribution in [0, 0.1) is 17.3 Å². The molecule has 0 amide bonds. The third-order valence-corrected chi connectivity index (χ3v) is 8.98. The normalized spacial score (nSPS) is 35.1. The van der Waals surface area contributed by atoms with Crippen molar-refractivity contribution in [2.75, 3.05) is 0 Å². The molecule has 0 aromatic carbocycles. The fourth-order valence-electron chi connectivity index (χ4n) is 5.18. The zero-order valence-corrected chi connectivity index (χ0v) is 23.9. The molecule has 1 aromatic heterocycles. The van der Waals surface area contributed by atoms with Crippen LogP contribution < -0.4 is 0 Å². The van der Waals surface area contributed by atoms with Crippen molar-refractivity contribution in [2.24, 2.45) is 22.4 Å². The first kappa shape index (κ1) is 30.2. The van der Waals surface area contributed by atoms with Crippen LogP contribution in [0.2, 0.25) is 0 Å². The number of fused-ring (bicyclic) bond motifs is 1. The number of epoxide rings is 1. The number of ether oxygens (including phenoxy) is 2. The van der Waals surface area contributed by atoms with Gasteiger partial charge in [0.25, 0.3) is 0 Å². The number of Topliss-reactive ketones (excluding diaryl/α,β-unsaturated/α-hetero) is 1. The third kappa shape index (κ3) is 7.21. The Bertz CT molecular complexity index is 1100. The minimum atomic E-state index is -1.27. The van der Waals surface area contributed by atoms with Crippen LogP contribution in [0.1, 0.15) is 84.3 Å². The number of aliphatic hydroxyl groups is 2. The van der Waals surface area contributed by atoms with E-state index in [1.165, 1.54) is 11.3 Å². The first-order valence-electron chi connectivity index (χ1n) is 13.2. The molecule has 3 heterocycles. The van der Waals surface area contributed by atoms with E-state index in [0.717, 1.165) is 24.8 Å². The number of carbonyl (C=O) groups is 2. The second-order valence-electron chi connectivity index (χ2n) is 11.5. The van der Waals surface area contributed by atoms with Gasteiger partial charge < -0.3 is 19.7 Å². The number of esters is 1. The molecule has 38 heavy (non-hydrogen) atoms. The fraction of sp³-hybridized carbons (Fsp3) is 0.741. The third-order valence-electron chi connectivity index (χ3n) is 8.13. The van der Waals surface area contributed by atoms with Crippen LogP contribution in [0.3, 0.4) is 0 Å². The summed E-state index contributed by atoms with van der Waals surface area (Å²) in [6.07, 6.45) is 1.48. The number of cyclic esters (lactones) is 1. The molecule has 0 radical (unpaired) electrons. The van der Waals surface area contributed by atoms with Gasteiger partial charge in [0.2, 0.25) is 0 Å². The molecule has 7 unspecified atom stereocenters. The van der Waals surface area contributed by atoms with Crippen LogP contribution in [0.25, 0.3) is 16.5 Å². The summed E-state index contributed by atoms with van der Waals surface area (Å²) in [4.78, 5) is 33.5. The monoisotopic (exact) mass is 548 g/mol. The summed E-state index contributed by atoms with van der Waals surface area (Å²) in [7, 11) is 0. The summed E-state index contributed by atoms with van der Waals surface area (Å²) < 4.78 is 11.9.